The second-order valence-corrected chi connectivity index (χ2v) is 17.6. The number of aromatic nitrogens is 2. The monoisotopic (exact) mass is 859 g/mol. The summed E-state index contributed by atoms with van der Waals surface area (Å²) in [5.41, 5.74) is 2.28. The van der Waals surface area contributed by atoms with Crippen molar-refractivity contribution in [3.05, 3.63) is 59.5 Å². The number of piperidine rings is 2. The first-order chi connectivity index (χ1) is 29.8. The maximum atomic E-state index is 15.3. The Morgan fingerprint density at radius 3 is 2.40 bits per heavy atom. The number of halogens is 3. The number of ether oxygens (including phenoxy) is 1. The van der Waals surface area contributed by atoms with E-state index in [2.05, 4.69) is 42.8 Å². The van der Waals surface area contributed by atoms with Crippen molar-refractivity contribution in [2.45, 2.75) is 107 Å². The Balaban J connectivity index is 0.815. The second-order valence-electron chi connectivity index (χ2n) is 17.6. The second kappa shape index (κ2) is 18.1. The first-order valence-corrected chi connectivity index (χ1v) is 21.9. The number of anilines is 5. The number of hydrogen-bond donors (Lipinski definition) is 3. The van der Waals surface area contributed by atoms with E-state index in [0.717, 1.165) is 88.7 Å². The number of rotatable bonds is 11. The molecule has 1 atom stereocenters. The fourth-order valence-corrected chi connectivity index (χ4v) is 10.0. The summed E-state index contributed by atoms with van der Waals surface area (Å²) >= 11 is 0. The molecule has 62 heavy (non-hydrogen) atoms. The number of fused-ring (bicyclic) bond motifs is 1. The molecule has 5 aliphatic rings. The van der Waals surface area contributed by atoms with Gasteiger partial charge in [0.2, 0.25) is 17.8 Å². The quantitative estimate of drug-likeness (QED) is 0.191. The lowest BCUT2D eigenvalue weighted by molar-refractivity contribution is -0.140. The zero-order valence-corrected chi connectivity index (χ0v) is 35.6. The molecule has 4 amide bonds. The number of alkyl halides is 2. The first-order valence-electron chi connectivity index (χ1n) is 21.9. The third-order valence-corrected chi connectivity index (χ3v) is 13.6. The Kier molecular flexibility index (Phi) is 12.6. The fraction of sp³-hybridized carbons (Fsp3) is 0.556. The molecule has 2 saturated carbocycles. The molecule has 4 heterocycles. The average molecular weight is 860 g/mol. The lowest BCUT2D eigenvalue weighted by Gasteiger charge is -2.39. The van der Waals surface area contributed by atoms with Gasteiger partial charge in [-0.05, 0) is 107 Å². The molecule has 2 aromatic carbocycles. The van der Waals surface area contributed by atoms with Crippen molar-refractivity contribution in [2.75, 3.05) is 67.4 Å². The summed E-state index contributed by atoms with van der Waals surface area (Å²) in [5, 5.41) is 8.69. The maximum Gasteiger partial charge on any atom is 0.342 e. The van der Waals surface area contributed by atoms with Gasteiger partial charge in [0.1, 0.15) is 17.3 Å². The number of amides is 4. The van der Waals surface area contributed by atoms with Gasteiger partial charge < -0.3 is 35.0 Å². The predicted molar refractivity (Wildman–Crippen MR) is 229 cm³/mol. The van der Waals surface area contributed by atoms with Crippen LogP contribution in [-0.2, 0) is 14.4 Å². The summed E-state index contributed by atoms with van der Waals surface area (Å²) in [6.07, 6.45) is 10.8. The highest BCUT2D eigenvalue weighted by Gasteiger charge is 2.49. The van der Waals surface area contributed by atoms with Crippen molar-refractivity contribution in [3.8, 4) is 5.75 Å². The Morgan fingerprint density at radius 2 is 1.71 bits per heavy atom. The zero-order valence-electron chi connectivity index (χ0n) is 35.6. The molecule has 1 aromatic heterocycles. The van der Waals surface area contributed by atoms with E-state index in [4.69, 9.17) is 4.74 Å². The van der Waals surface area contributed by atoms with E-state index in [1.54, 1.807) is 29.2 Å². The number of imide groups is 1. The smallest absolute Gasteiger partial charge is 0.342 e. The van der Waals surface area contributed by atoms with Crippen LogP contribution in [0.3, 0.4) is 0 Å². The van der Waals surface area contributed by atoms with Crippen LogP contribution in [0.5, 0.6) is 5.75 Å². The van der Waals surface area contributed by atoms with E-state index in [-0.39, 0.29) is 59.5 Å². The molecule has 0 bridgehead atoms. The highest BCUT2D eigenvalue weighted by atomic mass is 19.3. The molecular formula is C45H56F3N9O5. The van der Waals surface area contributed by atoms with Crippen LogP contribution < -0.4 is 35.4 Å². The number of hydrogen-bond acceptors (Lipinski definition) is 11. The predicted octanol–water partition coefficient (Wildman–Crippen LogP) is 6.14. The molecule has 17 heteroatoms. The van der Waals surface area contributed by atoms with Crippen LogP contribution in [0.2, 0.25) is 0 Å². The minimum absolute atomic E-state index is 0.0311. The number of carbonyl (C=O) groups is 4. The molecule has 2 saturated heterocycles. The van der Waals surface area contributed by atoms with Gasteiger partial charge in [0, 0.05) is 56.8 Å². The van der Waals surface area contributed by atoms with E-state index in [0.29, 0.717) is 46.6 Å². The Hall–Kier alpha value is -5.45. The van der Waals surface area contributed by atoms with Crippen molar-refractivity contribution in [2.24, 2.45) is 5.92 Å². The minimum Gasteiger partial charge on any atom is -0.495 e. The van der Waals surface area contributed by atoms with E-state index in [1.165, 1.54) is 26.4 Å². The topological polar surface area (TPSA) is 152 Å². The highest BCUT2D eigenvalue weighted by Crippen LogP contribution is 2.40. The van der Waals surface area contributed by atoms with Crippen LogP contribution >= 0.6 is 0 Å². The summed E-state index contributed by atoms with van der Waals surface area (Å²) in [4.78, 5) is 66.0. The largest absolute Gasteiger partial charge is 0.495 e. The third-order valence-electron chi connectivity index (χ3n) is 13.6. The van der Waals surface area contributed by atoms with Gasteiger partial charge >= 0.3 is 5.92 Å². The summed E-state index contributed by atoms with van der Waals surface area (Å²) in [5.74, 6) is -5.30. The van der Waals surface area contributed by atoms with E-state index >= 15 is 13.2 Å². The van der Waals surface area contributed by atoms with Crippen LogP contribution in [0.4, 0.5) is 42.0 Å². The van der Waals surface area contributed by atoms with Gasteiger partial charge in [-0.2, -0.15) is 13.8 Å². The molecule has 0 spiro atoms. The molecule has 3 aromatic rings. The number of nitrogens with zero attached hydrogens (tertiary/aromatic N) is 6. The van der Waals surface area contributed by atoms with Gasteiger partial charge in [0.05, 0.1) is 37.1 Å². The summed E-state index contributed by atoms with van der Waals surface area (Å²) < 4.78 is 51.0. The van der Waals surface area contributed by atoms with Gasteiger partial charge in [-0.15, -0.1) is 0 Å². The van der Waals surface area contributed by atoms with Crippen LogP contribution in [0.1, 0.15) is 98.9 Å². The average Bonchev–Trinajstić information content (AvgIpc) is 3.79. The van der Waals surface area contributed by atoms with Gasteiger partial charge in [0.25, 0.3) is 11.8 Å². The molecule has 2 aliphatic carbocycles. The zero-order chi connectivity index (χ0) is 43.7. The van der Waals surface area contributed by atoms with Crippen LogP contribution in [0.15, 0.2) is 42.6 Å². The van der Waals surface area contributed by atoms with E-state index in [1.807, 2.05) is 6.07 Å². The molecular weight excluding hydrogens is 804 g/mol. The van der Waals surface area contributed by atoms with Crippen molar-refractivity contribution >= 4 is 52.5 Å². The first kappa shape index (κ1) is 43.2. The molecule has 14 nitrogen and oxygen atoms in total. The number of methoxy groups -OCH3 is 1. The minimum atomic E-state index is -3.58. The lowest BCUT2D eigenvalue weighted by Crippen LogP contribution is -2.48. The van der Waals surface area contributed by atoms with Crippen LogP contribution in [-0.4, -0.2) is 110 Å². The van der Waals surface area contributed by atoms with Gasteiger partial charge in [-0.25, -0.2) is 9.37 Å². The van der Waals surface area contributed by atoms with Crippen molar-refractivity contribution < 1.29 is 37.1 Å². The number of nitrogens with one attached hydrogen (secondary N) is 3. The van der Waals surface area contributed by atoms with Gasteiger partial charge in [0.15, 0.2) is 5.82 Å². The highest BCUT2D eigenvalue weighted by molar-refractivity contribution is 6.02. The molecule has 332 valence electrons. The summed E-state index contributed by atoms with van der Waals surface area (Å²) in [6, 6.07) is 10.3. The van der Waals surface area contributed by atoms with Crippen molar-refractivity contribution in [3.63, 3.8) is 0 Å². The van der Waals surface area contributed by atoms with Crippen LogP contribution in [0, 0.1) is 11.7 Å². The standard InChI is InChI=1S/C45H56F3N9O5/c1-54(25-27-18-20-56(21-19-27)36-16-9-28(22-34(36)46)33-14-17-39(58)52-42(33)60)31-12-10-30(11-13-31)50-41(59)29-8-15-35(38(23-29)62-3)51-44-49-24-37-40(53-44)57(32-6-4-5-7-32)26-45(47,48)43(61)55(37)2/h8-9,15-16,22-24,27,30-33H,4-7,10-14,17-21,25-26H2,1-3H3,(H,50,59)(H,49,51,53)(H,52,58,60). The van der Waals surface area contributed by atoms with Gasteiger partial charge in [-0.1, -0.05) is 18.9 Å². The lowest BCUT2D eigenvalue weighted by atomic mass is 9.88. The SMILES string of the molecule is COc1cc(C(=O)NC2CCC(N(C)CC3CCN(c4ccc(C5CCC(=O)NC5=O)cc4F)CC3)CC2)ccc1Nc1ncc2c(n1)N(C1CCCC1)CC(F)(F)C(=O)N2C. The Bertz CT molecular complexity index is 2170. The van der Waals surface area contributed by atoms with E-state index in [9.17, 15) is 19.2 Å². The van der Waals surface area contributed by atoms with Gasteiger partial charge in [-0.3, -0.25) is 24.5 Å². The molecule has 4 fully saturated rings. The van der Waals surface area contributed by atoms with Crippen LogP contribution in [0.25, 0.3) is 0 Å². The molecule has 3 aliphatic heterocycles. The molecule has 8 rings (SSSR count). The fourth-order valence-electron chi connectivity index (χ4n) is 10.0. The Morgan fingerprint density at radius 1 is 0.968 bits per heavy atom. The summed E-state index contributed by atoms with van der Waals surface area (Å²) in [7, 11) is 4.98. The number of benzene rings is 2. The van der Waals surface area contributed by atoms with Crippen molar-refractivity contribution in [1.82, 2.24) is 25.5 Å². The third kappa shape index (κ3) is 9.18. The normalized spacial score (nSPS) is 23.6. The molecule has 3 N–H and O–H groups in total. The van der Waals surface area contributed by atoms with E-state index < -0.39 is 24.3 Å². The van der Waals surface area contributed by atoms with Crippen molar-refractivity contribution in [1.29, 1.82) is 0 Å². The maximum absolute atomic E-state index is 15.3. The molecule has 0 radical (unpaired) electrons. The summed E-state index contributed by atoms with van der Waals surface area (Å²) in [6.45, 7) is 1.70. The number of carbonyl (C=O) groups excluding carboxylic acids is 4. The molecule has 1 unspecified atom stereocenters. The Labute approximate surface area is 359 Å².